The van der Waals surface area contributed by atoms with Crippen molar-refractivity contribution in [3.8, 4) is 0 Å². The number of hydrogen-bond donors (Lipinski definition) is 2. The predicted molar refractivity (Wildman–Crippen MR) is 76.8 cm³/mol. The van der Waals surface area contributed by atoms with E-state index in [4.69, 9.17) is 5.11 Å². The van der Waals surface area contributed by atoms with Crippen molar-refractivity contribution in [2.45, 2.75) is 31.7 Å². The Morgan fingerprint density at radius 1 is 1.25 bits per heavy atom. The first-order chi connectivity index (χ1) is 9.65. The van der Waals surface area contributed by atoms with Gasteiger partial charge in [-0.2, -0.15) is 0 Å². The molecule has 0 spiro atoms. The van der Waals surface area contributed by atoms with E-state index < -0.39 is 5.97 Å². The van der Waals surface area contributed by atoms with E-state index in [2.05, 4.69) is 5.32 Å². The molecular formula is C16H20FNO2. The monoisotopic (exact) mass is 277 g/mol. The van der Waals surface area contributed by atoms with Gasteiger partial charge >= 0.3 is 5.97 Å². The van der Waals surface area contributed by atoms with Crippen molar-refractivity contribution in [1.29, 1.82) is 0 Å². The first-order valence-corrected chi connectivity index (χ1v) is 7.03. The molecule has 0 bridgehead atoms. The van der Waals surface area contributed by atoms with E-state index in [0.29, 0.717) is 6.04 Å². The molecule has 3 nitrogen and oxygen atoms in total. The van der Waals surface area contributed by atoms with E-state index in [-0.39, 0.29) is 11.7 Å². The van der Waals surface area contributed by atoms with Crippen LogP contribution in [0.15, 0.2) is 30.3 Å². The van der Waals surface area contributed by atoms with E-state index in [1.54, 1.807) is 12.1 Å². The van der Waals surface area contributed by atoms with Gasteiger partial charge in [0.1, 0.15) is 5.82 Å². The molecule has 0 heterocycles. The molecule has 0 amide bonds. The van der Waals surface area contributed by atoms with Gasteiger partial charge in [-0.25, -0.2) is 4.39 Å². The zero-order valence-corrected chi connectivity index (χ0v) is 11.4. The molecule has 1 saturated carbocycles. The molecule has 20 heavy (non-hydrogen) atoms. The Balaban J connectivity index is 1.69. The molecule has 1 aromatic rings. The van der Waals surface area contributed by atoms with Gasteiger partial charge in [0, 0.05) is 12.6 Å². The molecule has 2 N–H and O–H groups in total. The quantitative estimate of drug-likeness (QED) is 0.869. The van der Waals surface area contributed by atoms with Gasteiger partial charge in [-0.1, -0.05) is 24.3 Å². The largest absolute Gasteiger partial charge is 0.481 e. The Morgan fingerprint density at radius 2 is 1.90 bits per heavy atom. The zero-order chi connectivity index (χ0) is 14.4. The third-order valence-electron chi connectivity index (χ3n) is 3.78. The number of rotatable bonds is 5. The molecule has 4 heteroatoms. The van der Waals surface area contributed by atoms with Gasteiger partial charge in [0.05, 0.1) is 5.92 Å². The molecule has 1 aromatic carbocycles. The fraction of sp³-hybridized carbons (Fsp3) is 0.438. The smallest absolute Gasteiger partial charge is 0.306 e. The number of carbonyl (C=O) groups is 1. The number of benzene rings is 1. The Kier molecular flexibility index (Phi) is 5.30. The van der Waals surface area contributed by atoms with Crippen LogP contribution in [0.2, 0.25) is 0 Å². The summed E-state index contributed by atoms with van der Waals surface area (Å²) >= 11 is 0. The number of hydrogen-bond acceptors (Lipinski definition) is 2. The second-order valence-corrected chi connectivity index (χ2v) is 5.25. The summed E-state index contributed by atoms with van der Waals surface area (Å²) in [5.41, 5.74) is 0.975. The molecule has 1 fully saturated rings. The second kappa shape index (κ2) is 7.20. The maximum Gasteiger partial charge on any atom is 0.306 e. The van der Waals surface area contributed by atoms with Crippen LogP contribution in [-0.4, -0.2) is 23.7 Å². The first kappa shape index (κ1) is 14.7. The Morgan fingerprint density at radius 3 is 2.50 bits per heavy atom. The van der Waals surface area contributed by atoms with Gasteiger partial charge < -0.3 is 10.4 Å². The van der Waals surface area contributed by atoms with Crippen molar-refractivity contribution < 1.29 is 14.3 Å². The minimum Gasteiger partial charge on any atom is -0.481 e. The summed E-state index contributed by atoms with van der Waals surface area (Å²) in [7, 11) is 0. The van der Waals surface area contributed by atoms with Crippen molar-refractivity contribution in [3.05, 3.63) is 41.7 Å². The number of aliphatic carboxylic acids is 1. The summed E-state index contributed by atoms with van der Waals surface area (Å²) in [5, 5.41) is 12.3. The van der Waals surface area contributed by atoms with Crippen LogP contribution in [-0.2, 0) is 4.79 Å². The van der Waals surface area contributed by atoms with Crippen LogP contribution in [0.3, 0.4) is 0 Å². The Labute approximate surface area is 118 Å². The molecule has 108 valence electrons. The van der Waals surface area contributed by atoms with E-state index >= 15 is 0 Å². The molecule has 0 saturated heterocycles. The number of carboxylic acid groups (broad SMARTS) is 1. The lowest BCUT2D eigenvalue weighted by Gasteiger charge is -2.26. The predicted octanol–water partition coefficient (Wildman–Crippen LogP) is 3.07. The lowest BCUT2D eigenvalue weighted by Crippen LogP contribution is -2.34. The lowest BCUT2D eigenvalue weighted by molar-refractivity contribution is -0.142. The van der Waals surface area contributed by atoms with E-state index in [0.717, 1.165) is 37.8 Å². The van der Waals surface area contributed by atoms with Crippen molar-refractivity contribution in [2.24, 2.45) is 5.92 Å². The highest BCUT2D eigenvalue weighted by Gasteiger charge is 2.25. The van der Waals surface area contributed by atoms with Crippen molar-refractivity contribution in [1.82, 2.24) is 5.32 Å². The molecule has 0 aromatic heterocycles. The van der Waals surface area contributed by atoms with Crippen molar-refractivity contribution >= 4 is 12.0 Å². The molecule has 1 aliphatic rings. The van der Waals surface area contributed by atoms with Crippen LogP contribution >= 0.6 is 0 Å². The summed E-state index contributed by atoms with van der Waals surface area (Å²) < 4.78 is 12.7. The fourth-order valence-corrected chi connectivity index (χ4v) is 2.55. The average Bonchev–Trinajstić information content (AvgIpc) is 2.46. The van der Waals surface area contributed by atoms with Crippen LogP contribution < -0.4 is 5.32 Å². The SMILES string of the molecule is O=C(O)C1CCC(NC/C=C/c2ccc(F)cc2)CC1. The van der Waals surface area contributed by atoms with E-state index in [1.807, 2.05) is 12.2 Å². The summed E-state index contributed by atoms with van der Waals surface area (Å²) in [4.78, 5) is 10.8. The third-order valence-corrected chi connectivity index (χ3v) is 3.78. The zero-order valence-electron chi connectivity index (χ0n) is 11.4. The highest BCUT2D eigenvalue weighted by atomic mass is 19.1. The van der Waals surface area contributed by atoms with Crippen LogP contribution in [0.1, 0.15) is 31.2 Å². The molecule has 0 atom stereocenters. The van der Waals surface area contributed by atoms with Gasteiger partial charge in [-0.15, -0.1) is 0 Å². The number of nitrogens with one attached hydrogen (secondary N) is 1. The minimum atomic E-state index is -0.667. The van der Waals surface area contributed by atoms with E-state index in [1.165, 1.54) is 12.1 Å². The Bertz CT molecular complexity index is 462. The van der Waals surface area contributed by atoms with E-state index in [9.17, 15) is 9.18 Å². The maximum atomic E-state index is 12.7. The molecular weight excluding hydrogens is 257 g/mol. The van der Waals surface area contributed by atoms with Gasteiger partial charge in [0.25, 0.3) is 0 Å². The van der Waals surface area contributed by atoms with Gasteiger partial charge in [-0.05, 0) is 43.4 Å². The van der Waals surface area contributed by atoms with Crippen molar-refractivity contribution in [3.63, 3.8) is 0 Å². The normalized spacial score (nSPS) is 23.1. The number of halogens is 1. The molecule has 0 aliphatic heterocycles. The first-order valence-electron chi connectivity index (χ1n) is 7.03. The van der Waals surface area contributed by atoms with Crippen molar-refractivity contribution in [2.75, 3.05) is 6.54 Å². The third kappa shape index (κ3) is 4.46. The molecule has 0 radical (unpaired) electrons. The van der Waals surface area contributed by atoms with Crippen LogP contribution in [0.5, 0.6) is 0 Å². The Hall–Kier alpha value is -1.68. The maximum absolute atomic E-state index is 12.7. The van der Waals surface area contributed by atoms with Crippen LogP contribution in [0.25, 0.3) is 6.08 Å². The second-order valence-electron chi connectivity index (χ2n) is 5.25. The fourth-order valence-electron chi connectivity index (χ4n) is 2.55. The van der Waals surface area contributed by atoms with Gasteiger partial charge in [0.15, 0.2) is 0 Å². The summed E-state index contributed by atoms with van der Waals surface area (Å²) in [6, 6.07) is 6.78. The molecule has 2 rings (SSSR count). The minimum absolute atomic E-state index is 0.164. The van der Waals surface area contributed by atoms with Gasteiger partial charge in [-0.3, -0.25) is 4.79 Å². The van der Waals surface area contributed by atoms with Crippen LogP contribution in [0.4, 0.5) is 4.39 Å². The summed E-state index contributed by atoms with van der Waals surface area (Å²) in [6.07, 6.45) is 7.32. The topological polar surface area (TPSA) is 49.3 Å². The number of carboxylic acids is 1. The lowest BCUT2D eigenvalue weighted by atomic mass is 9.86. The highest BCUT2D eigenvalue weighted by molar-refractivity contribution is 5.70. The van der Waals surface area contributed by atoms with Crippen LogP contribution in [0, 0.1) is 11.7 Å². The average molecular weight is 277 g/mol. The van der Waals surface area contributed by atoms with Gasteiger partial charge in [0.2, 0.25) is 0 Å². The summed E-state index contributed by atoms with van der Waals surface area (Å²) in [6.45, 7) is 0.750. The standard InChI is InChI=1S/C16H20FNO2/c17-14-7-3-12(4-8-14)2-1-11-18-15-9-5-13(6-10-15)16(19)20/h1-4,7-8,13,15,18H,5-6,9-11H2,(H,19,20)/b2-1+. The molecule has 0 unspecified atom stereocenters. The molecule has 1 aliphatic carbocycles. The summed E-state index contributed by atoms with van der Waals surface area (Å²) in [5.74, 6) is -1.06. The highest BCUT2D eigenvalue weighted by Crippen LogP contribution is 2.24.